The van der Waals surface area contributed by atoms with E-state index in [4.69, 9.17) is 0 Å². The standard InChI is InChI=1S/C6H10N2S/c1-8-4-3-7-6(8)5-9-2/h3-4H,5H2,1-2H3/p+1. The Balaban J connectivity index is 2.69. The summed E-state index contributed by atoms with van der Waals surface area (Å²) in [5, 5.41) is 0. The molecule has 1 heterocycles. The van der Waals surface area contributed by atoms with Crippen LogP contribution in [0.25, 0.3) is 0 Å². The zero-order valence-corrected chi connectivity index (χ0v) is 6.53. The molecule has 0 amide bonds. The van der Waals surface area contributed by atoms with Crippen LogP contribution >= 0.6 is 11.8 Å². The van der Waals surface area contributed by atoms with Gasteiger partial charge in [0.05, 0.1) is 12.8 Å². The largest absolute Gasteiger partial charge is 0.264 e. The quantitative estimate of drug-likeness (QED) is 0.604. The second kappa shape index (κ2) is 2.92. The van der Waals surface area contributed by atoms with Crippen molar-refractivity contribution in [2.45, 2.75) is 5.75 Å². The molecule has 1 aromatic rings. The van der Waals surface area contributed by atoms with Crippen molar-refractivity contribution in [1.29, 1.82) is 0 Å². The number of rotatable bonds is 2. The van der Waals surface area contributed by atoms with Crippen LogP contribution < -0.4 is 4.57 Å². The fraction of sp³-hybridized carbons (Fsp3) is 0.500. The average molecular weight is 143 g/mol. The van der Waals surface area contributed by atoms with E-state index in [0.717, 1.165) is 5.75 Å². The van der Waals surface area contributed by atoms with Crippen LogP contribution in [0.4, 0.5) is 0 Å². The predicted octanol–water partition coefficient (Wildman–Crippen LogP) is 0.702. The number of hydrogen-bond acceptors (Lipinski definition) is 1. The number of thioether (sulfide) groups is 1. The van der Waals surface area contributed by atoms with Crippen LogP contribution in [0.5, 0.6) is 0 Å². The van der Waals surface area contributed by atoms with Gasteiger partial charge >= 0.3 is 0 Å². The van der Waals surface area contributed by atoms with Crippen molar-refractivity contribution >= 4 is 11.8 Å². The molecule has 0 aliphatic heterocycles. The summed E-state index contributed by atoms with van der Waals surface area (Å²) in [6.07, 6.45) is 6.07. The maximum atomic E-state index is 3.15. The highest BCUT2D eigenvalue weighted by molar-refractivity contribution is 7.97. The van der Waals surface area contributed by atoms with Gasteiger partial charge in [-0.05, 0) is 6.26 Å². The Morgan fingerprint density at radius 3 is 3.00 bits per heavy atom. The van der Waals surface area contributed by atoms with E-state index in [-0.39, 0.29) is 0 Å². The fourth-order valence-electron chi connectivity index (χ4n) is 0.717. The molecule has 0 aliphatic rings. The first-order chi connectivity index (χ1) is 4.34. The number of H-pyrrole nitrogens is 1. The zero-order valence-electron chi connectivity index (χ0n) is 5.72. The minimum absolute atomic E-state index is 1.06. The Bertz CT molecular complexity index is 183. The van der Waals surface area contributed by atoms with Crippen LogP contribution in [-0.4, -0.2) is 11.2 Å². The van der Waals surface area contributed by atoms with Gasteiger partial charge in [-0.2, -0.15) is 11.8 Å². The van der Waals surface area contributed by atoms with Gasteiger partial charge in [0.1, 0.15) is 12.4 Å². The summed E-state index contributed by atoms with van der Waals surface area (Å²) in [6.45, 7) is 0. The summed E-state index contributed by atoms with van der Waals surface area (Å²) < 4.78 is 2.09. The first kappa shape index (κ1) is 6.68. The lowest BCUT2D eigenvalue weighted by molar-refractivity contribution is -0.676. The lowest BCUT2D eigenvalue weighted by atomic mass is 10.7. The van der Waals surface area contributed by atoms with Crippen molar-refractivity contribution in [1.82, 2.24) is 4.98 Å². The molecule has 0 spiro atoms. The average Bonchev–Trinajstić information content (AvgIpc) is 2.18. The van der Waals surface area contributed by atoms with Crippen molar-refractivity contribution in [3.8, 4) is 0 Å². The molecule has 0 radical (unpaired) electrons. The van der Waals surface area contributed by atoms with Gasteiger partial charge in [-0.25, -0.2) is 9.55 Å². The van der Waals surface area contributed by atoms with E-state index in [9.17, 15) is 0 Å². The Labute approximate surface area is 59.3 Å². The van der Waals surface area contributed by atoms with Crippen molar-refractivity contribution in [3.63, 3.8) is 0 Å². The molecule has 9 heavy (non-hydrogen) atoms. The Hall–Kier alpha value is -0.440. The summed E-state index contributed by atoms with van der Waals surface area (Å²) in [7, 11) is 2.04. The molecular formula is C6H11N2S+. The summed E-state index contributed by atoms with van der Waals surface area (Å²) in [5.74, 6) is 2.33. The third kappa shape index (κ3) is 1.48. The van der Waals surface area contributed by atoms with Crippen LogP contribution in [0.1, 0.15) is 5.82 Å². The SMILES string of the molecule is CSCc1[nH]cc[n+]1C. The third-order valence-corrected chi connectivity index (χ3v) is 1.82. The van der Waals surface area contributed by atoms with Gasteiger partial charge in [-0.15, -0.1) is 0 Å². The lowest BCUT2D eigenvalue weighted by Crippen LogP contribution is -2.29. The molecule has 0 aliphatic carbocycles. The monoisotopic (exact) mass is 143 g/mol. The molecule has 0 fully saturated rings. The molecule has 1 N–H and O–H groups in total. The van der Waals surface area contributed by atoms with Crippen molar-refractivity contribution in [2.24, 2.45) is 7.05 Å². The number of aromatic amines is 1. The summed E-state index contributed by atoms with van der Waals surface area (Å²) in [6, 6.07) is 0. The number of aryl methyl sites for hydroxylation is 1. The van der Waals surface area contributed by atoms with E-state index in [2.05, 4.69) is 15.8 Å². The summed E-state index contributed by atoms with van der Waals surface area (Å²) in [4.78, 5) is 3.15. The molecular weight excluding hydrogens is 132 g/mol. The highest BCUT2D eigenvalue weighted by Gasteiger charge is 2.02. The van der Waals surface area contributed by atoms with Crippen LogP contribution in [0.3, 0.4) is 0 Å². The number of imidazole rings is 1. The van der Waals surface area contributed by atoms with E-state index >= 15 is 0 Å². The smallest absolute Gasteiger partial charge is 0.247 e. The number of hydrogen-bond donors (Lipinski definition) is 1. The van der Waals surface area contributed by atoms with E-state index in [1.165, 1.54) is 5.82 Å². The second-order valence-corrected chi connectivity index (χ2v) is 2.82. The third-order valence-electron chi connectivity index (χ3n) is 1.25. The Morgan fingerprint density at radius 2 is 2.56 bits per heavy atom. The van der Waals surface area contributed by atoms with Crippen LogP contribution in [0.2, 0.25) is 0 Å². The Kier molecular flexibility index (Phi) is 2.16. The zero-order chi connectivity index (χ0) is 6.69. The minimum Gasteiger partial charge on any atom is -0.247 e. The molecule has 0 unspecified atom stereocenters. The highest BCUT2D eigenvalue weighted by Crippen LogP contribution is 1.99. The first-order valence-electron chi connectivity index (χ1n) is 2.85. The predicted molar refractivity (Wildman–Crippen MR) is 39.2 cm³/mol. The molecule has 0 atom stereocenters. The lowest BCUT2D eigenvalue weighted by Gasteiger charge is -1.87. The highest BCUT2D eigenvalue weighted by atomic mass is 32.2. The fourth-order valence-corrected chi connectivity index (χ4v) is 1.28. The second-order valence-electron chi connectivity index (χ2n) is 1.95. The number of nitrogens with zero attached hydrogens (tertiary/aromatic N) is 1. The number of aromatic nitrogens is 2. The van der Waals surface area contributed by atoms with Crippen LogP contribution in [-0.2, 0) is 12.8 Å². The normalized spacial score (nSPS) is 10.0. The minimum atomic E-state index is 1.06. The molecule has 2 nitrogen and oxygen atoms in total. The molecule has 1 aromatic heterocycles. The van der Waals surface area contributed by atoms with Gasteiger partial charge < -0.3 is 0 Å². The maximum Gasteiger partial charge on any atom is 0.264 e. The van der Waals surface area contributed by atoms with Crippen LogP contribution in [0.15, 0.2) is 12.4 Å². The molecule has 0 aromatic carbocycles. The van der Waals surface area contributed by atoms with E-state index in [1.54, 1.807) is 0 Å². The van der Waals surface area contributed by atoms with Gasteiger partial charge in [-0.1, -0.05) is 0 Å². The van der Waals surface area contributed by atoms with Crippen molar-refractivity contribution in [3.05, 3.63) is 18.2 Å². The molecule has 0 saturated carbocycles. The molecule has 50 valence electrons. The van der Waals surface area contributed by atoms with Crippen LogP contribution in [0, 0.1) is 0 Å². The van der Waals surface area contributed by atoms with Crippen molar-refractivity contribution in [2.75, 3.05) is 6.26 Å². The van der Waals surface area contributed by atoms with E-state index in [0.29, 0.717) is 0 Å². The van der Waals surface area contributed by atoms with Gasteiger partial charge in [0.15, 0.2) is 0 Å². The summed E-state index contributed by atoms with van der Waals surface area (Å²) in [5.41, 5.74) is 0. The van der Waals surface area contributed by atoms with Crippen molar-refractivity contribution < 1.29 is 4.57 Å². The Morgan fingerprint density at radius 1 is 1.78 bits per heavy atom. The topological polar surface area (TPSA) is 19.7 Å². The molecule has 1 rings (SSSR count). The van der Waals surface area contributed by atoms with Gasteiger partial charge in [-0.3, -0.25) is 0 Å². The first-order valence-corrected chi connectivity index (χ1v) is 4.25. The van der Waals surface area contributed by atoms with Gasteiger partial charge in [0.25, 0.3) is 5.82 Å². The maximum absolute atomic E-state index is 3.15. The molecule has 0 bridgehead atoms. The molecule has 0 saturated heterocycles. The number of nitrogens with one attached hydrogen (secondary N) is 1. The summed E-state index contributed by atoms with van der Waals surface area (Å²) >= 11 is 1.82. The van der Waals surface area contributed by atoms with E-state index in [1.807, 2.05) is 31.2 Å². The molecule has 3 heteroatoms. The van der Waals surface area contributed by atoms with Gasteiger partial charge in [0.2, 0.25) is 0 Å². The van der Waals surface area contributed by atoms with Gasteiger partial charge in [0, 0.05) is 0 Å². The van der Waals surface area contributed by atoms with E-state index < -0.39 is 0 Å².